The maximum absolute atomic E-state index is 11.5. The minimum atomic E-state index is -2.99. The van der Waals surface area contributed by atoms with Gasteiger partial charge in [0.25, 0.3) is 0 Å². The number of thiazole rings is 1. The quantitative estimate of drug-likeness (QED) is 0.778. The van der Waals surface area contributed by atoms with E-state index in [1.54, 1.807) is 19.2 Å². The van der Waals surface area contributed by atoms with Crippen LogP contribution in [0.15, 0.2) is 5.38 Å². The van der Waals surface area contributed by atoms with Gasteiger partial charge in [-0.2, -0.15) is 0 Å². The fourth-order valence-electron chi connectivity index (χ4n) is 0.847. The molecule has 1 aromatic heterocycles. The van der Waals surface area contributed by atoms with Gasteiger partial charge in [0.2, 0.25) is 0 Å². The molecule has 1 heterocycles. The van der Waals surface area contributed by atoms with Gasteiger partial charge in [0, 0.05) is 5.38 Å². The second kappa shape index (κ2) is 3.75. The molecule has 0 bridgehead atoms. The van der Waals surface area contributed by atoms with Gasteiger partial charge >= 0.3 is 0 Å². The lowest BCUT2D eigenvalue weighted by molar-refractivity contribution is 0.586. The largest absolute Gasteiger partial charge is 0.246 e. The van der Waals surface area contributed by atoms with Crippen LogP contribution in [0.4, 0.5) is 0 Å². The van der Waals surface area contributed by atoms with E-state index >= 15 is 0 Å². The van der Waals surface area contributed by atoms with Gasteiger partial charge in [-0.25, -0.2) is 13.4 Å². The molecule has 1 rings (SSSR count). The van der Waals surface area contributed by atoms with E-state index in [1.165, 1.54) is 11.3 Å². The van der Waals surface area contributed by atoms with Crippen molar-refractivity contribution in [2.24, 2.45) is 0 Å². The second-order valence-corrected chi connectivity index (χ2v) is 6.83. The average Bonchev–Trinajstić information content (AvgIpc) is 2.34. The van der Waals surface area contributed by atoms with Gasteiger partial charge in [0.05, 0.1) is 21.7 Å². The standard InChI is InChI=1S/C8H13NO2S2/c1-6(2)13(10,11)5-8-4-12-7(3)9-8/h4,6H,5H2,1-3H3. The summed E-state index contributed by atoms with van der Waals surface area (Å²) in [6, 6.07) is 0. The highest BCUT2D eigenvalue weighted by Crippen LogP contribution is 2.13. The maximum atomic E-state index is 11.5. The maximum Gasteiger partial charge on any atom is 0.158 e. The molecule has 0 atom stereocenters. The summed E-state index contributed by atoms with van der Waals surface area (Å²) in [6.07, 6.45) is 0. The van der Waals surface area contributed by atoms with E-state index < -0.39 is 9.84 Å². The molecule has 0 fully saturated rings. The fourth-order valence-corrected chi connectivity index (χ4v) is 2.46. The number of aryl methyl sites for hydroxylation is 1. The summed E-state index contributed by atoms with van der Waals surface area (Å²) in [5.41, 5.74) is 0.663. The van der Waals surface area contributed by atoms with E-state index in [2.05, 4.69) is 4.98 Å². The normalized spacial score (nSPS) is 12.3. The Morgan fingerprint density at radius 2 is 2.15 bits per heavy atom. The van der Waals surface area contributed by atoms with Crippen LogP contribution >= 0.6 is 11.3 Å². The van der Waals surface area contributed by atoms with Gasteiger partial charge in [0.15, 0.2) is 9.84 Å². The Morgan fingerprint density at radius 3 is 2.54 bits per heavy atom. The summed E-state index contributed by atoms with van der Waals surface area (Å²) in [6.45, 7) is 5.25. The van der Waals surface area contributed by atoms with Crippen molar-refractivity contribution in [2.75, 3.05) is 0 Å². The van der Waals surface area contributed by atoms with Crippen molar-refractivity contribution < 1.29 is 8.42 Å². The van der Waals surface area contributed by atoms with Crippen LogP contribution in [-0.4, -0.2) is 18.7 Å². The topological polar surface area (TPSA) is 47.0 Å². The second-order valence-electron chi connectivity index (χ2n) is 3.21. The van der Waals surface area contributed by atoms with E-state index in [4.69, 9.17) is 0 Å². The molecule has 0 amide bonds. The van der Waals surface area contributed by atoms with Crippen LogP contribution in [0.1, 0.15) is 24.5 Å². The van der Waals surface area contributed by atoms with Gasteiger partial charge < -0.3 is 0 Å². The van der Waals surface area contributed by atoms with Crippen molar-refractivity contribution in [2.45, 2.75) is 31.8 Å². The van der Waals surface area contributed by atoms with Crippen LogP contribution in [-0.2, 0) is 15.6 Å². The number of aromatic nitrogens is 1. The Balaban J connectivity index is 2.81. The number of rotatable bonds is 3. The summed E-state index contributed by atoms with van der Waals surface area (Å²) >= 11 is 1.48. The molecule has 0 radical (unpaired) electrons. The Kier molecular flexibility index (Phi) is 3.08. The first kappa shape index (κ1) is 10.7. The van der Waals surface area contributed by atoms with Gasteiger partial charge in [-0.1, -0.05) is 0 Å². The van der Waals surface area contributed by atoms with Crippen LogP contribution in [0.2, 0.25) is 0 Å². The van der Waals surface area contributed by atoms with Crippen molar-refractivity contribution in [3.05, 3.63) is 16.1 Å². The van der Waals surface area contributed by atoms with Gasteiger partial charge in [-0.15, -0.1) is 11.3 Å². The molecule has 1 aromatic rings. The van der Waals surface area contributed by atoms with Crippen LogP contribution in [0.3, 0.4) is 0 Å². The van der Waals surface area contributed by atoms with Crippen molar-refractivity contribution in [3.63, 3.8) is 0 Å². The van der Waals surface area contributed by atoms with E-state index in [9.17, 15) is 8.42 Å². The van der Waals surface area contributed by atoms with Crippen LogP contribution in [0.25, 0.3) is 0 Å². The first-order valence-electron chi connectivity index (χ1n) is 4.04. The molecule has 0 saturated carbocycles. The molecule has 0 aliphatic heterocycles. The molecule has 5 heteroatoms. The molecule has 13 heavy (non-hydrogen) atoms. The fraction of sp³-hybridized carbons (Fsp3) is 0.625. The monoisotopic (exact) mass is 219 g/mol. The van der Waals surface area contributed by atoms with Crippen molar-refractivity contribution in [1.29, 1.82) is 0 Å². The molecule has 0 aliphatic carbocycles. The van der Waals surface area contributed by atoms with Crippen LogP contribution in [0.5, 0.6) is 0 Å². The third-order valence-corrected chi connectivity index (χ3v) is 4.69. The van der Waals surface area contributed by atoms with E-state index in [-0.39, 0.29) is 11.0 Å². The average molecular weight is 219 g/mol. The summed E-state index contributed by atoms with van der Waals surface area (Å²) in [4.78, 5) is 4.12. The zero-order valence-electron chi connectivity index (χ0n) is 7.94. The van der Waals surface area contributed by atoms with E-state index in [0.717, 1.165) is 5.01 Å². The third kappa shape index (κ3) is 2.77. The lowest BCUT2D eigenvalue weighted by Gasteiger charge is -2.04. The van der Waals surface area contributed by atoms with Crippen molar-refractivity contribution in [3.8, 4) is 0 Å². The minimum Gasteiger partial charge on any atom is -0.246 e. The molecule has 0 spiro atoms. The first-order chi connectivity index (χ1) is 5.92. The molecule has 0 saturated heterocycles. The SMILES string of the molecule is Cc1nc(CS(=O)(=O)C(C)C)cs1. The number of hydrogen-bond acceptors (Lipinski definition) is 4. The molecule has 74 valence electrons. The molecule has 3 nitrogen and oxygen atoms in total. The summed E-state index contributed by atoms with van der Waals surface area (Å²) < 4.78 is 22.9. The molecule has 0 unspecified atom stereocenters. The highest BCUT2D eigenvalue weighted by molar-refractivity contribution is 7.91. The summed E-state index contributed by atoms with van der Waals surface area (Å²) in [7, 11) is -2.99. The predicted octanol–water partition coefficient (Wildman–Crippen LogP) is 1.77. The number of sulfone groups is 1. The van der Waals surface area contributed by atoms with Gasteiger partial charge in [-0.05, 0) is 20.8 Å². The molecular weight excluding hydrogens is 206 g/mol. The Labute approximate surface area is 82.7 Å². The van der Waals surface area contributed by atoms with Crippen LogP contribution in [0, 0.1) is 6.92 Å². The minimum absolute atomic E-state index is 0.0645. The Bertz CT molecular complexity index is 379. The molecule has 0 aromatic carbocycles. The zero-order valence-corrected chi connectivity index (χ0v) is 9.58. The lowest BCUT2D eigenvalue weighted by Crippen LogP contribution is -2.16. The Hall–Kier alpha value is -0.420. The van der Waals surface area contributed by atoms with Crippen LogP contribution < -0.4 is 0 Å². The van der Waals surface area contributed by atoms with Gasteiger partial charge in [0.1, 0.15) is 0 Å². The molecule has 0 aliphatic rings. The molecule has 0 N–H and O–H groups in total. The smallest absolute Gasteiger partial charge is 0.158 e. The van der Waals surface area contributed by atoms with E-state index in [1.807, 2.05) is 6.92 Å². The highest BCUT2D eigenvalue weighted by atomic mass is 32.2. The first-order valence-corrected chi connectivity index (χ1v) is 6.64. The zero-order chi connectivity index (χ0) is 10.1. The number of hydrogen-bond donors (Lipinski definition) is 0. The van der Waals surface area contributed by atoms with E-state index in [0.29, 0.717) is 5.69 Å². The molecular formula is C8H13NO2S2. The van der Waals surface area contributed by atoms with Crippen molar-refractivity contribution in [1.82, 2.24) is 4.98 Å². The highest BCUT2D eigenvalue weighted by Gasteiger charge is 2.17. The Morgan fingerprint density at radius 1 is 1.54 bits per heavy atom. The summed E-state index contributed by atoms with van der Waals surface area (Å²) in [5.74, 6) is 0.0645. The summed E-state index contributed by atoms with van der Waals surface area (Å²) in [5, 5.41) is 2.39. The third-order valence-electron chi connectivity index (χ3n) is 1.73. The van der Waals surface area contributed by atoms with Crippen molar-refractivity contribution >= 4 is 21.2 Å². The lowest BCUT2D eigenvalue weighted by atomic mass is 10.6. The predicted molar refractivity (Wildman–Crippen MR) is 54.6 cm³/mol. The van der Waals surface area contributed by atoms with Gasteiger partial charge in [-0.3, -0.25) is 0 Å². The number of nitrogens with zero attached hydrogens (tertiary/aromatic N) is 1.